The lowest BCUT2D eigenvalue weighted by Crippen LogP contribution is -2.46. The summed E-state index contributed by atoms with van der Waals surface area (Å²) in [5.41, 5.74) is -0.995. The molecule has 3 heterocycles. The summed E-state index contributed by atoms with van der Waals surface area (Å²) in [6, 6.07) is 1.24. The number of piperidine rings is 1. The highest BCUT2D eigenvalue weighted by atomic mass is 16.6. The molecule has 3 rings (SSSR count). The number of ether oxygens (including phenoxy) is 2. The maximum Gasteiger partial charge on any atom is 0.410 e. The van der Waals surface area contributed by atoms with Crippen molar-refractivity contribution in [2.75, 3.05) is 26.2 Å². The zero-order chi connectivity index (χ0) is 23.0. The summed E-state index contributed by atoms with van der Waals surface area (Å²) in [6.07, 6.45) is 3.77. The van der Waals surface area contributed by atoms with Gasteiger partial charge in [0, 0.05) is 32.4 Å². The average Bonchev–Trinajstić information content (AvgIpc) is 3.27. The second kappa shape index (κ2) is 8.16. The van der Waals surface area contributed by atoms with Gasteiger partial charge in [-0.2, -0.15) is 9.78 Å². The van der Waals surface area contributed by atoms with E-state index in [9.17, 15) is 14.4 Å². The van der Waals surface area contributed by atoms with Gasteiger partial charge in [-0.1, -0.05) is 0 Å². The molecule has 0 unspecified atom stereocenters. The molecule has 172 valence electrons. The van der Waals surface area contributed by atoms with Gasteiger partial charge < -0.3 is 19.3 Å². The van der Waals surface area contributed by atoms with Crippen LogP contribution in [0.15, 0.2) is 12.3 Å². The van der Waals surface area contributed by atoms with Crippen molar-refractivity contribution in [1.82, 2.24) is 19.6 Å². The molecule has 0 radical (unpaired) electrons. The van der Waals surface area contributed by atoms with Crippen molar-refractivity contribution in [3.05, 3.63) is 18.0 Å². The van der Waals surface area contributed by atoms with Gasteiger partial charge in [0.05, 0.1) is 0 Å². The van der Waals surface area contributed by atoms with E-state index in [2.05, 4.69) is 5.10 Å². The van der Waals surface area contributed by atoms with E-state index in [4.69, 9.17) is 9.47 Å². The van der Waals surface area contributed by atoms with Crippen LogP contribution in [-0.2, 0) is 9.47 Å². The molecular formula is C22H34N4O5. The standard InChI is InChI=1S/C22H34N4O5/c1-20(2,3)30-17(27)16-7-11-26(23-16)18(28)24-12-8-22(9-13-24)10-14-25(15-22)19(29)31-21(4,5)6/h7,11H,8-10,12-15H2,1-6H3. The third-order valence-electron chi connectivity index (χ3n) is 5.58. The highest BCUT2D eigenvalue weighted by Crippen LogP contribution is 2.40. The predicted molar refractivity (Wildman–Crippen MR) is 114 cm³/mol. The minimum Gasteiger partial charge on any atom is -0.455 e. The summed E-state index contributed by atoms with van der Waals surface area (Å²) in [6.45, 7) is 13.5. The average molecular weight is 435 g/mol. The third kappa shape index (κ3) is 5.77. The number of aromatic nitrogens is 2. The van der Waals surface area contributed by atoms with E-state index in [0.29, 0.717) is 26.2 Å². The first-order chi connectivity index (χ1) is 14.3. The second-order valence-corrected chi connectivity index (χ2v) is 10.6. The van der Waals surface area contributed by atoms with Crippen LogP contribution < -0.4 is 0 Å². The third-order valence-corrected chi connectivity index (χ3v) is 5.58. The maximum atomic E-state index is 12.8. The Balaban J connectivity index is 1.55. The molecule has 0 bridgehead atoms. The first kappa shape index (κ1) is 23.1. The van der Waals surface area contributed by atoms with Crippen molar-refractivity contribution in [1.29, 1.82) is 0 Å². The van der Waals surface area contributed by atoms with Crippen LogP contribution in [0.2, 0.25) is 0 Å². The Kier molecular flexibility index (Phi) is 6.08. The van der Waals surface area contributed by atoms with Crippen LogP contribution in [0.25, 0.3) is 0 Å². The van der Waals surface area contributed by atoms with Crippen molar-refractivity contribution < 1.29 is 23.9 Å². The highest BCUT2D eigenvalue weighted by Gasteiger charge is 2.44. The maximum absolute atomic E-state index is 12.8. The Labute approximate surface area is 183 Å². The lowest BCUT2D eigenvalue weighted by molar-refractivity contribution is 0.00615. The zero-order valence-corrected chi connectivity index (χ0v) is 19.4. The number of amides is 2. The molecule has 9 nitrogen and oxygen atoms in total. The lowest BCUT2D eigenvalue weighted by Gasteiger charge is -2.39. The summed E-state index contributed by atoms with van der Waals surface area (Å²) in [5, 5.41) is 4.11. The van der Waals surface area contributed by atoms with Gasteiger partial charge in [0.1, 0.15) is 11.2 Å². The fourth-order valence-electron chi connectivity index (χ4n) is 4.01. The van der Waals surface area contributed by atoms with Crippen molar-refractivity contribution in [3.8, 4) is 0 Å². The van der Waals surface area contributed by atoms with Crippen molar-refractivity contribution in [3.63, 3.8) is 0 Å². The fourth-order valence-corrected chi connectivity index (χ4v) is 4.01. The number of esters is 1. The van der Waals surface area contributed by atoms with Gasteiger partial charge in [0.15, 0.2) is 5.69 Å². The van der Waals surface area contributed by atoms with Gasteiger partial charge in [-0.15, -0.1) is 0 Å². The Hall–Kier alpha value is -2.58. The lowest BCUT2D eigenvalue weighted by atomic mass is 9.78. The summed E-state index contributed by atoms with van der Waals surface area (Å²) in [5.74, 6) is -0.551. The molecule has 1 spiro atoms. The molecule has 1 aromatic rings. The molecule has 2 aliphatic rings. The smallest absolute Gasteiger partial charge is 0.410 e. The van der Waals surface area contributed by atoms with Gasteiger partial charge in [-0.05, 0) is 72.3 Å². The van der Waals surface area contributed by atoms with Crippen molar-refractivity contribution >= 4 is 18.1 Å². The fraction of sp³-hybridized carbons (Fsp3) is 0.727. The SMILES string of the molecule is CC(C)(C)OC(=O)c1ccn(C(=O)N2CCC3(CCN(C(=O)OC(C)(C)C)C3)CC2)n1. The summed E-state index contributed by atoms with van der Waals surface area (Å²) < 4.78 is 12.0. The Morgan fingerprint density at radius 2 is 1.45 bits per heavy atom. The molecule has 1 aromatic heterocycles. The quantitative estimate of drug-likeness (QED) is 0.628. The van der Waals surface area contributed by atoms with Crippen molar-refractivity contribution in [2.24, 2.45) is 5.41 Å². The van der Waals surface area contributed by atoms with E-state index in [1.165, 1.54) is 16.9 Å². The van der Waals surface area contributed by atoms with Crippen LogP contribution in [0.5, 0.6) is 0 Å². The number of carbonyl (C=O) groups excluding carboxylic acids is 3. The molecule has 2 amide bonds. The van der Waals surface area contributed by atoms with Crippen LogP contribution in [-0.4, -0.2) is 75.1 Å². The van der Waals surface area contributed by atoms with Gasteiger partial charge in [-0.25, -0.2) is 14.4 Å². The van der Waals surface area contributed by atoms with E-state index in [1.807, 2.05) is 20.8 Å². The molecule has 0 saturated carbocycles. The minimum absolute atomic E-state index is 0.0273. The molecule has 0 N–H and O–H groups in total. The Bertz CT molecular complexity index is 841. The van der Waals surface area contributed by atoms with Crippen LogP contribution >= 0.6 is 0 Å². The van der Waals surface area contributed by atoms with Crippen LogP contribution in [0.3, 0.4) is 0 Å². The molecule has 0 aliphatic carbocycles. The first-order valence-electron chi connectivity index (χ1n) is 10.8. The Morgan fingerprint density at radius 3 is 2.00 bits per heavy atom. The van der Waals surface area contributed by atoms with E-state index >= 15 is 0 Å². The van der Waals surface area contributed by atoms with E-state index < -0.39 is 17.2 Å². The number of likely N-dealkylation sites (tertiary alicyclic amines) is 2. The molecular weight excluding hydrogens is 400 g/mol. The van der Waals surface area contributed by atoms with E-state index in [1.54, 1.807) is 30.6 Å². The van der Waals surface area contributed by atoms with Gasteiger partial charge in [-0.3, -0.25) is 0 Å². The molecule has 2 aliphatic heterocycles. The largest absolute Gasteiger partial charge is 0.455 e. The normalized spacial score (nSPS) is 18.9. The number of rotatable bonds is 1. The molecule has 2 saturated heterocycles. The molecule has 2 fully saturated rings. The number of carbonyl (C=O) groups is 3. The molecule has 31 heavy (non-hydrogen) atoms. The topological polar surface area (TPSA) is 94.0 Å². The first-order valence-corrected chi connectivity index (χ1v) is 10.8. The highest BCUT2D eigenvalue weighted by molar-refractivity contribution is 5.88. The Morgan fingerprint density at radius 1 is 0.903 bits per heavy atom. The van der Waals surface area contributed by atoms with E-state index in [-0.39, 0.29) is 23.2 Å². The second-order valence-electron chi connectivity index (χ2n) is 10.6. The molecule has 0 atom stereocenters. The van der Waals surface area contributed by atoms with Crippen molar-refractivity contribution in [2.45, 2.75) is 72.0 Å². The zero-order valence-electron chi connectivity index (χ0n) is 19.4. The molecule has 0 aromatic carbocycles. The van der Waals surface area contributed by atoms with Gasteiger partial charge >= 0.3 is 18.1 Å². The van der Waals surface area contributed by atoms with Crippen LogP contribution in [0, 0.1) is 5.41 Å². The number of hydrogen-bond donors (Lipinski definition) is 0. The summed E-state index contributed by atoms with van der Waals surface area (Å²) in [7, 11) is 0. The minimum atomic E-state index is -0.624. The monoisotopic (exact) mass is 434 g/mol. The van der Waals surface area contributed by atoms with E-state index in [0.717, 1.165) is 19.3 Å². The summed E-state index contributed by atoms with van der Waals surface area (Å²) >= 11 is 0. The number of nitrogens with zero attached hydrogens (tertiary/aromatic N) is 4. The van der Waals surface area contributed by atoms with Gasteiger partial charge in [0.25, 0.3) is 0 Å². The van der Waals surface area contributed by atoms with Gasteiger partial charge in [0.2, 0.25) is 0 Å². The number of hydrogen-bond acceptors (Lipinski definition) is 6. The van der Waals surface area contributed by atoms with Crippen LogP contribution in [0.4, 0.5) is 9.59 Å². The molecule has 9 heteroatoms. The predicted octanol–water partition coefficient (Wildman–Crippen LogP) is 3.53. The van der Waals surface area contributed by atoms with Crippen LogP contribution in [0.1, 0.15) is 71.3 Å². The summed E-state index contributed by atoms with van der Waals surface area (Å²) in [4.78, 5) is 40.9.